The van der Waals surface area contributed by atoms with Crippen molar-refractivity contribution in [1.29, 1.82) is 0 Å². The zero-order valence-electron chi connectivity index (χ0n) is 10.3. The number of halogens is 3. The lowest BCUT2D eigenvalue weighted by atomic mass is 10.3. The molecule has 0 aliphatic rings. The summed E-state index contributed by atoms with van der Waals surface area (Å²) in [6, 6.07) is 3.59. The highest BCUT2D eigenvalue weighted by atomic mass is 79.9. The van der Waals surface area contributed by atoms with Crippen LogP contribution in [0.3, 0.4) is 0 Å². The minimum atomic E-state index is -3.34. The molecule has 0 aliphatic heterocycles. The largest absolute Gasteiger partial charge is 0.317 e. The van der Waals surface area contributed by atoms with E-state index < -0.39 is 10.0 Å². The smallest absolute Gasteiger partial charge is 0.232 e. The second-order valence-corrected chi connectivity index (χ2v) is 8.34. The Morgan fingerprint density at radius 2 is 1.74 bits per heavy atom. The van der Waals surface area contributed by atoms with Gasteiger partial charge in [0.2, 0.25) is 10.0 Å². The molecule has 0 saturated carbocycles. The van der Waals surface area contributed by atoms with Crippen LogP contribution in [0.15, 0.2) is 25.6 Å². The van der Waals surface area contributed by atoms with E-state index >= 15 is 0 Å². The van der Waals surface area contributed by atoms with Gasteiger partial charge in [-0.05, 0) is 63.5 Å². The lowest BCUT2D eigenvalue weighted by Crippen LogP contribution is -2.22. The Morgan fingerprint density at radius 1 is 1.16 bits per heavy atom. The predicted octanol–water partition coefficient (Wildman–Crippen LogP) is 3.72. The first-order valence-corrected chi connectivity index (χ1v) is 9.74. The molecular formula is C11H15Br3N2O2S. The molecule has 108 valence electrons. The number of rotatable bonds is 7. The molecule has 0 fully saturated rings. The number of hydrogen-bond acceptors (Lipinski definition) is 3. The highest BCUT2D eigenvalue weighted by Gasteiger charge is 2.15. The Kier molecular flexibility index (Phi) is 7.31. The Labute approximate surface area is 139 Å². The maximum atomic E-state index is 12.0. The molecule has 0 spiro atoms. The van der Waals surface area contributed by atoms with E-state index in [1.807, 2.05) is 6.92 Å². The fourth-order valence-electron chi connectivity index (χ4n) is 1.41. The SMILES string of the molecule is CCNCCCS(=O)(=O)Nc1c(Br)cc(Br)cc1Br. The normalized spacial score (nSPS) is 11.6. The standard InChI is InChI=1S/C11H15Br3N2O2S/c1-2-15-4-3-5-19(17,18)16-11-9(13)6-8(12)7-10(11)14/h6-7,15-16H,2-5H2,1H3. The van der Waals surface area contributed by atoms with Crippen molar-refractivity contribution in [1.82, 2.24) is 5.32 Å². The predicted molar refractivity (Wildman–Crippen MR) is 90.1 cm³/mol. The van der Waals surface area contributed by atoms with Crippen LogP contribution in [0.2, 0.25) is 0 Å². The summed E-state index contributed by atoms with van der Waals surface area (Å²) >= 11 is 10.0. The molecule has 1 rings (SSSR count). The number of hydrogen-bond donors (Lipinski definition) is 2. The van der Waals surface area contributed by atoms with Gasteiger partial charge in [0, 0.05) is 13.4 Å². The van der Waals surface area contributed by atoms with E-state index in [0.717, 1.165) is 11.0 Å². The van der Waals surface area contributed by atoms with E-state index in [1.165, 1.54) is 0 Å². The van der Waals surface area contributed by atoms with Crippen molar-refractivity contribution in [3.63, 3.8) is 0 Å². The van der Waals surface area contributed by atoms with Gasteiger partial charge in [-0.25, -0.2) is 8.42 Å². The van der Waals surface area contributed by atoms with Crippen LogP contribution < -0.4 is 10.0 Å². The zero-order valence-corrected chi connectivity index (χ0v) is 15.9. The van der Waals surface area contributed by atoms with Gasteiger partial charge in [-0.3, -0.25) is 4.72 Å². The van der Waals surface area contributed by atoms with E-state index in [4.69, 9.17) is 0 Å². The highest BCUT2D eigenvalue weighted by Crippen LogP contribution is 2.34. The van der Waals surface area contributed by atoms with Crippen molar-refractivity contribution in [2.75, 3.05) is 23.6 Å². The number of nitrogens with one attached hydrogen (secondary N) is 2. The number of anilines is 1. The van der Waals surface area contributed by atoms with Gasteiger partial charge in [0.15, 0.2) is 0 Å². The summed E-state index contributed by atoms with van der Waals surface area (Å²) in [6.07, 6.45) is 0.578. The van der Waals surface area contributed by atoms with Gasteiger partial charge in [-0.1, -0.05) is 22.9 Å². The minimum Gasteiger partial charge on any atom is -0.317 e. The van der Waals surface area contributed by atoms with E-state index in [9.17, 15) is 8.42 Å². The fraction of sp³-hybridized carbons (Fsp3) is 0.455. The lowest BCUT2D eigenvalue weighted by Gasteiger charge is -2.12. The Bertz CT molecular complexity index is 512. The van der Waals surface area contributed by atoms with Gasteiger partial charge in [-0.15, -0.1) is 0 Å². The molecule has 4 nitrogen and oxygen atoms in total. The van der Waals surface area contributed by atoms with Gasteiger partial charge < -0.3 is 5.32 Å². The molecule has 0 aliphatic carbocycles. The molecule has 0 saturated heterocycles. The van der Waals surface area contributed by atoms with Crippen molar-refractivity contribution in [3.8, 4) is 0 Å². The van der Waals surface area contributed by atoms with Gasteiger partial charge in [0.1, 0.15) is 0 Å². The summed E-state index contributed by atoms with van der Waals surface area (Å²) in [7, 11) is -3.34. The quantitative estimate of drug-likeness (QED) is 0.587. The first-order valence-electron chi connectivity index (χ1n) is 5.71. The molecule has 1 aromatic carbocycles. The average Bonchev–Trinajstić information content (AvgIpc) is 2.29. The monoisotopic (exact) mass is 476 g/mol. The first kappa shape index (κ1) is 17.4. The fourth-order valence-corrected chi connectivity index (χ4v) is 5.29. The summed E-state index contributed by atoms with van der Waals surface area (Å²) in [5.74, 6) is 0.0922. The molecule has 0 amide bonds. The van der Waals surface area contributed by atoms with Crippen molar-refractivity contribution < 1.29 is 8.42 Å². The third-order valence-electron chi connectivity index (χ3n) is 2.28. The topological polar surface area (TPSA) is 58.2 Å². The second-order valence-electron chi connectivity index (χ2n) is 3.87. The van der Waals surface area contributed by atoms with Gasteiger partial charge in [-0.2, -0.15) is 0 Å². The molecule has 0 aromatic heterocycles. The maximum Gasteiger partial charge on any atom is 0.232 e. The maximum absolute atomic E-state index is 12.0. The number of sulfonamides is 1. The van der Waals surface area contributed by atoms with Gasteiger partial charge in [0.25, 0.3) is 0 Å². The Balaban J connectivity index is 2.73. The molecular weight excluding hydrogens is 464 g/mol. The Morgan fingerprint density at radius 3 is 2.26 bits per heavy atom. The van der Waals surface area contributed by atoms with E-state index in [1.54, 1.807) is 12.1 Å². The van der Waals surface area contributed by atoms with Gasteiger partial charge in [0.05, 0.1) is 11.4 Å². The van der Waals surface area contributed by atoms with Crippen LogP contribution in [0.5, 0.6) is 0 Å². The van der Waals surface area contributed by atoms with E-state index in [-0.39, 0.29) is 5.75 Å². The molecule has 19 heavy (non-hydrogen) atoms. The zero-order chi connectivity index (χ0) is 14.5. The van der Waals surface area contributed by atoms with Crippen LogP contribution in [0, 0.1) is 0 Å². The molecule has 8 heteroatoms. The summed E-state index contributed by atoms with van der Waals surface area (Å²) in [6.45, 7) is 3.53. The molecule has 1 aromatic rings. The molecule has 0 radical (unpaired) electrons. The minimum absolute atomic E-state index is 0.0922. The van der Waals surface area contributed by atoms with Crippen LogP contribution in [-0.4, -0.2) is 27.3 Å². The molecule has 0 atom stereocenters. The molecule has 0 unspecified atom stereocenters. The Hall–Kier alpha value is 0.370. The summed E-state index contributed by atoms with van der Waals surface area (Å²) < 4.78 is 28.7. The average molecular weight is 479 g/mol. The van der Waals surface area contributed by atoms with E-state index in [2.05, 4.69) is 57.8 Å². The van der Waals surface area contributed by atoms with Crippen LogP contribution in [0.1, 0.15) is 13.3 Å². The van der Waals surface area contributed by atoms with Crippen molar-refractivity contribution in [2.24, 2.45) is 0 Å². The second kappa shape index (κ2) is 7.97. The van der Waals surface area contributed by atoms with Gasteiger partial charge >= 0.3 is 0 Å². The molecule has 2 N–H and O–H groups in total. The van der Waals surface area contributed by atoms with Crippen LogP contribution in [-0.2, 0) is 10.0 Å². The molecule has 0 bridgehead atoms. The first-order chi connectivity index (χ1) is 8.85. The van der Waals surface area contributed by atoms with Crippen molar-refractivity contribution in [2.45, 2.75) is 13.3 Å². The van der Waals surface area contributed by atoms with Crippen molar-refractivity contribution in [3.05, 3.63) is 25.6 Å². The van der Waals surface area contributed by atoms with E-state index in [0.29, 0.717) is 27.6 Å². The van der Waals surface area contributed by atoms with Crippen molar-refractivity contribution >= 4 is 63.5 Å². The van der Waals surface area contributed by atoms with Crippen LogP contribution in [0.25, 0.3) is 0 Å². The van der Waals surface area contributed by atoms with Crippen LogP contribution >= 0.6 is 47.8 Å². The summed E-state index contributed by atoms with van der Waals surface area (Å²) in [4.78, 5) is 0. The summed E-state index contributed by atoms with van der Waals surface area (Å²) in [5.41, 5.74) is 0.520. The molecule has 0 heterocycles. The lowest BCUT2D eigenvalue weighted by molar-refractivity contribution is 0.595. The number of benzene rings is 1. The van der Waals surface area contributed by atoms with Crippen LogP contribution in [0.4, 0.5) is 5.69 Å². The third kappa shape index (κ3) is 6.12. The third-order valence-corrected chi connectivity index (χ3v) is 5.33. The highest BCUT2D eigenvalue weighted by molar-refractivity contribution is 9.11. The summed E-state index contributed by atoms with van der Waals surface area (Å²) in [5, 5.41) is 3.10.